The average Bonchev–Trinajstić information content (AvgIpc) is 2.54. The van der Waals surface area contributed by atoms with E-state index >= 15 is 0 Å². The summed E-state index contributed by atoms with van der Waals surface area (Å²) in [5.41, 5.74) is 4.97. The Morgan fingerprint density at radius 2 is 2.04 bits per heavy atom. The fraction of sp³-hybridized carbons (Fsp3) is 0. The van der Waals surface area contributed by atoms with Crippen molar-refractivity contribution >= 4 is 29.1 Å². The zero-order valence-electron chi connectivity index (χ0n) is 12.7. The molecule has 0 spiro atoms. The first-order valence-electron chi connectivity index (χ1n) is 6.67. The first-order valence-corrected chi connectivity index (χ1v) is 6.67. The predicted octanol–water partition coefficient (Wildman–Crippen LogP) is -0.156. The van der Waals surface area contributed by atoms with Crippen molar-refractivity contribution in [3.63, 3.8) is 0 Å². The fourth-order valence-electron chi connectivity index (χ4n) is 1.97. The van der Waals surface area contributed by atoms with Crippen molar-refractivity contribution < 1.29 is 19.1 Å². The Hall–Kier alpha value is -3.89. The molecule has 2 aromatic rings. The number of benzene rings is 1. The third-order valence-electron chi connectivity index (χ3n) is 3.15. The van der Waals surface area contributed by atoms with Gasteiger partial charge in [0.2, 0.25) is 5.49 Å². The van der Waals surface area contributed by atoms with Crippen molar-refractivity contribution in [2.45, 2.75) is 0 Å². The molecule has 130 valence electrons. The van der Waals surface area contributed by atoms with Gasteiger partial charge in [-0.2, -0.15) is 9.89 Å². The summed E-state index contributed by atoms with van der Waals surface area (Å²) in [5.74, 6) is 7.69. The maximum Gasteiger partial charge on any atom is 0.337 e. The van der Waals surface area contributed by atoms with Crippen LogP contribution < -0.4 is 28.2 Å². The number of anilines is 2. The van der Waals surface area contributed by atoms with Crippen LogP contribution in [0.25, 0.3) is 5.83 Å². The van der Waals surface area contributed by atoms with E-state index in [2.05, 4.69) is 22.1 Å². The Labute approximate surface area is 140 Å². The van der Waals surface area contributed by atoms with Gasteiger partial charge in [0.05, 0.1) is 16.9 Å². The topological polar surface area (TPSA) is 175 Å². The molecule has 10 nitrogen and oxygen atoms in total. The maximum atomic E-state index is 13.3. The van der Waals surface area contributed by atoms with Crippen LogP contribution in [0.15, 0.2) is 35.9 Å². The van der Waals surface area contributed by atoms with Crippen LogP contribution in [0, 0.1) is 0 Å². The van der Waals surface area contributed by atoms with Crippen molar-refractivity contribution in [2.75, 3.05) is 16.9 Å². The van der Waals surface area contributed by atoms with Gasteiger partial charge in [-0.15, -0.1) is 5.10 Å². The van der Waals surface area contributed by atoms with Crippen LogP contribution in [0.2, 0.25) is 0 Å². The summed E-state index contributed by atoms with van der Waals surface area (Å²) in [6.07, 6.45) is 0. The van der Waals surface area contributed by atoms with Crippen LogP contribution >= 0.6 is 0 Å². The zero-order valence-corrected chi connectivity index (χ0v) is 12.7. The van der Waals surface area contributed by atoms with Crippen LogP contribution in [0.1, 0.15) is 26.4 Å². The van der Waals surface area contributed by atoms with E-state index in [4.69, 9.17) is 17.4 Å². The molecule has 1 aromatic heterocycles. The molecule has 0 aliphatic rings. The van der Waals surface area contributed by atoms with Gasteiger partial charge in [-0.1, -0.05) is 12.6 Å². The highest BCUT2D eigenvalue weighted by Crippen LogP contribution is 2.23. The minimum atomic E-state index is -1.31. The number of nitrogens with zero attached hydrogens (tertiary/aromatic N) is 3. The Morgan fingerprint density at radius 1 is 1.36 bits per heavy atom. The molecule has 0 fully saturated rings. The van der Waals surface area contributed by atoms with Gasteiger partial charge in [0.15, 0.2) is 5.69 Å². The minimum Gasteiger partial charge on any atom is -0.478 e. The number of aromatic nitrogens is 2. The van der Waals surface area contributed by atoms with Crippen molar-refractivity contribution in [3.05, 3.63) is 53.2 Å². The van der Waals surface area contributed by atoms with Crippen molar-refractivity contribution in [2.24, 2.45) is 10.9 Å². The number of hydrogen-bond acceptors (Lipinski definition) is 7. The highest BCUT2D eigenvalue weighted by Gasteiger charge is 2.17. The van der Waals surface area contributed by atoms with E-state index in [0.29, 0.717) is 4.79 Å². The highest BCUT2D eigenvalue weighted by atomic mass is 19.1. The summed E-state index contributed by atoms with van der Waals surface area (Å²) >= 11 is 0. The molecule has 1 heterocycles. The second-order valence-corrected chi connectivity index (χ2v) is 4.81. The number of nitrogens with one attached hydrogen (secondary N) is 1. The molecule has 0 atom stereocenters. The van der Waals surface area contributed by atoms with Crippen LogP contribution in [-0.2, 0) is 0 Å². The summed E-state index contributed by atoms with van der Waals surface area (Å²) in [7, 11) is 0. The molecule has 0 radical (unpaired) electrons. The quantitative estimate of drug-likeness (QED) is 0.377. The van der Waals surface area contributed by atoms with Gasteiger partial charge in [0.1, 0.15) is 5.83 Å². The molecular weight excluding hydrogens is 333 g/mol. The summed E-state index contributed by atoms with van der Waals surface area (Å²) in [4.78, 5) is 24.3. The van der Waals surface area contributed by atoms with Crippen LogP contribution in [0.3, 0.4) is 0 Å². The first kappa shape index (κ1) is 17.5. The predicted molar refractivity (Wildman–Crippen MR) is 88.0 cm³/mol. The van der Waals surface area contributed by atoms with Crippen LogP contribution in [0.4, 0.5) is 15.8 Å². The lowest BCUT2D eigenvalue weighted by atomic mass is 10.1. The Bertz CT molecular complexity index is 926. The third-order valence-corrected chi connectivity index (χ3v) is 3.15. The number of carbonyl (C=O) groups is 2. The first-order chi connectivity index (χ1) is 11.7. The Morgan fingerprint density at radius 3 is 2.56 bits per heavy atom. The maximum absolute atomic E-state index is 13.3. The van der Waals surface area contributed by atoms with E-state index < -0.39 is 17.7 Å². The zero-order chi connectivity index (χ0) is 18.7. The fourth-order valence-corrected chi connectivity index (χ4v) is 1.97. The van der Waals surface area contributed by atoms with Crippen molar-refractivity contribution in [1.82, 2.24) is 9.89 Å². The lowest BCUT2D eigenvalue weighted by Gasteiger charge is -2.11. The van der Waals surface area contributed by atoms with Gasteiger partial charge in [-0.25, -0.2) is 9.18 Å². The van der Waals surface area contributed by atoms with Gasteiger partial charge in [0, 0.05) is 5.56 Å². The number of halogens is 1. The largest absolute Gasteiger partial charge is 0.478 e. The summed E-state index contributed by atoms with van der Waals surface area (Å²) in [6, 6.07) is 4.65. The number of aromatic carboxylic acids is 1. The van der Waals surface area contributed by atoms with Crippen molar-refractivity contribution in [3.8, 4) is 0 Å². The molecule has 1 amide bonds. The number of carboxylic acid groups (broad SMARTS) is 1. The lowest BCUT2D eigenvalue weighted by Crippen LogP contribution is -2.35. The smallest absolute Gasteiger partial charge is 0.337 e. The molecule has 0 unspecified atom stereocenters. The summed E-state index contributed by atoms with van der Waals surface area (Å²) in [6.45, 7) is 3.12. The molecule has 11 heteroatoms. The SMILES string of the molecule is C=C(F)c1ccc(C(=O)O)c(NC(=O)c2cc(N)/c(=N/N)n(N)n2)c1. The van der Waals surface area contributed by atoms with Gasteiger partial charge in [-0.3, -0.25) is 4.79 Å². The van der Waals surface area contributed by atoms with E-state index in [1.165, 1.54) is 6.07 Å². The second kappa shape index (κ2) is 6.70. The highest BCUT2D eigenvalue weighted by molar-refractivity contribution is 6.07. The standard InChI is InChI=1S/C14H14FN7O3/c1-6(15)7-2-3-8(14(24)25)10(4-7)19-13(23)11-5-9(16)12(20-17)22(18)21-11/h2-5H,1,16-18H2,(H,19,23)(H,24,25)/b20-12-. The number of nitrogen functional groups attached to an aromatic ring is 2. The van der Waals surface area contributed by atoms with Gasteiger partial charge >= 0.3 is 5.97 Å². The molecule has 0 saturated carbocycles. The molecule has 0 aliphatic heterocycles. The minimum absolute atomic E-state index is 0.0129. The molecule has 0 aliphatic carbocycles. The third kappa shape index (κ3) is 3.55. The normalized spacial score (nSPS) is 11.2. The second-order valence-electron chi connectivity index (χ2n) is 4.81. The number of nitrogens with two attached hydrogens (primary N) is 3. The van der Waals surface area contributed by atoms with Crippen molar-refractivity contribution in [1.29, 1.82) is 0 Å². The molecule has 2 rings (SSSR count). The van der Waals surface area contributed by atoms with Crippen LogP contribution in [-0.4, -0.2) is 26.9 Å². The number of rotatable bonds is 4. The number of carboxylic acids is 1. The lowest BCUT2D eigenvalue weighted by molar-refractivity contribution is 0.0698. The monoisotopic (exact) mass is 347 g/mol. The van der Waals surface area contributed by atoms with E-state index in [1.54, 1.807) is 0 Å². The van der Waals surface area contributed by atoms with Crippen LogP contribution in [0.5, 0.6) is 0 Å². The van der Waals surface area contributed by atoms with E-state index in [1.807, 2.05) is 0 Å². The van der Waals surface area contributed by atoms with E-state index in [9.17, 15) is 19.1 Å². The summed E-state index contributed by atoms with van der Waals surface area (Å²) in [5, 5.41) is 18.5. The van der Waals surface area contributed by atoms with Gasteiger partial charge in [0.25, 0.3) is 5.91 Å². The molecular formula is C14H14FN7O3. The molecule has 1 aromatic carbocycles. The molecule has 0 bridgehead atoms. The summed E-state index contributed by atoms with van der Waals surface area (Å²) < 4.78 is 13.3. The number of amides is 1. The van der Waals surface area contributed by atoms with Gasteiger partial charge in [-0.05, 0) is 18.2 Å². The Balaban J connectivity index is 2.45. The van der Waals surface area contributed by atoms with E-state index in [-0.39, 0.29) is 33.7 Å². The molecule has 8 N–H and O–H groups in total. The Kier molecular flexibility index (Phi) is 4.68. The molecule has 0 saturated heterocycles. The molecule has 25 heavy (non-hydrogen) atoms. The number of hydrogen-bond donors (Lipinski definition) is 5. The number of carbonyl (C=O) groups excluding carboxylic acids is 1. The average molecular weight is 347 g/mol. The van der Waals surface area contributed by atoms with Gasteiger partial charge < -0.3 is 27.8 Å². The van der Waals surface area contributed by atoms with E-state index in [0.717, 1.165) is 18.2 Å².